The van der Waals surface area contributed by atoms with E-state index in [4.69, 9.17) is 18.9 Å². The molecule has 1 N–H and O–H groups in total. The molecule has 0 fully saturated rings. The summed E-state index contributed by atoms with van der Waals surface area (Å²) in [4.78, 5) is 9.06. The van der Waals surface area contributed by atoms with Gasteiger partial charge in [0.05, 0.1) is 33.0 Å². The van der Waals surface area contributed by atoms with E-state index in [1.165, 1.54) is 44.1 Å². The highest BCUT2D eigenvalue weighted by Crippen LogP contribution is 2.20. The van der Waals surface area contributed by atoms with Gasteiger partial charge in [-0.3, -0.25) is 0 Å². The summed E-state index contributed by atoms with van der Waals surface area (Å²) >= 11 is 0. The number of aliphatic hydroxyl groups is 1. The van der Waals surface area contributed by atoms with Crippen molar-refractivity contribution >= 4 is 0 Å². The number of rotatable bonds is 22. The van der Waals surface area contributed by atoms with Gasteiger partial charge in [0, 0.05) is 24.6 Å². The summed E-state index contributed by atoms with van der Waals surface area (Å²) in [7, 11) is 0. The third kappa shape index (κ3) is 13.9. The van der Waals surface area contributed by atoms with E-state index in [-0.39, 0.29) is 13.2 Å². The average Bonchev–Trinajstić information content (AvgIpc) is 2.91. The maximum atomic E-state index is 10.1. The molecule has 1 aromatic heterocycles. The largest absolute Gasteiger partial charge is 0.491 e. The fraction of sp³-hybridized carbons (Fsp3) is 0.655. The number of hydrogen-bond donors (Lipinski definition) is 1. The maximum absolute atomic E-state index is 10.1. The molecule has 0 saturated carbocycles. The Labute approximate surface area is 217 Å². The molecule has 0 saturated heterocycles. The van der Waals surface area contributed by atoms with E-state index in [1.807, 2.05) is 36.7 Å². The van der Waals surface area contributed by atoms with Crippen molar-refractivity contribution in [3.8, 4) is 17.1 Å². The summed E-state index contributed by atoms with van der Waals surface area (Å²) in [6.07, 6.45) is 14.1. The summed E-state index contributed by atoms with van der Waals surface area (Å²) < 4.78 is 22.0. The molecule has 2 aromatic rings. The number of nitrogens with zero attached hydrogens (tertiary/aromatic N) is 2. The van der Waals surface area contributed by atoms with Crippen molar-refractivity contribution in [2.45, 2.75) is 77.7 Å². The molecule has 0 amide bonds. The van der Waals surface area contributed by atoms with Gasteiger partial charge in [-0.1, -0.05) is 52.4 Å². The standard InChI is InChI=1S/C29H46N2O5/c1-3-5-7-8-9-10-11-25-21-30-29(31-22-25)26-12-14-28(15-13-26)36-24-27(32)23-35-20-19-34-18-17-33-16-6-4-2/h12-15,21-22,27,32H,3-11,16-20,23-24H2,1-2H3. The Hall–Kier alpha value is -2.06. The van der Waals surface area contributed by atoms with Gasteiger partial charge in [-0.25, -0.2) is 9.97 Å². The van der Waals surface area contributed by atoms with Crippen LogP contribution in [0.15, 0.2) is 36.7 Å². The Morgan fingerprint density at radius 3 is 2.00 bits per heavy atom. The zero-order chi connectivity index (χ0) is 25.7. The van der Waals surface area contributed by atoms with Gasteiger partial charge in [-0.05, 0) is 49.1 Å². The van der Waals surface area contributed by atoms with E-state index in [0.29, 0.717) is 38.0 Å². The molecule has 0 aliphatic rings. The predicted octanol–water partition coefficient (Wildman–Crippen LogP) is 5.64. The minimum atomic E-state index is -0.704. The van der Waals surface area contributed by atoms with E-state index in [2.05, 4.69) is 23.8 Å². The molecule has 0 aliphatic carbocycles. The topological polar surface area (TPSA) is 82.9 Å². The third-order valence-corrected chi connectivity index (χ3v) is 5.78. The molecule has 2 rings (SSSR count). The lowest BCUT2D eigenvalue weighted by Gasteiger charge is -2.13. The van der Waals surface area contributed by atoms with Crippen molar-refractivity contribution < 1.29 is 24.1 Å². The summed E-state index contributed by atoms with van der Waals surface area (Å²) in [5.41, 5.74) is 2.13. The van der Waals surface area contributed by atoms with Gasteiger partial charge < -0.3 is 24.1 Å². The van der Waals surface area contributed by atoms with Crippen molar-refractivity contribution in [3.05, 3.63) is 42.2 Å². The molecule has 202 valence electrons. The smallest absolute Gasteiger partial charge is 0.159 e. The zero-order valence-corrected chi connectivity index (χ0v) is 22.3. The summed E-state index contributed by atoms with van der Waals surface area (Å²) in [5.74, 6) is 1.39. The number of aryl methyl sites for hydroxylation is 1. The van der Waals surface area contributed by atoms with Crippen LogP contribution in [0.2, 0.25) is 0 Å². The van der Waals surface area contributed by atoms with Crippen molar-refractivity contribution in [2.24, 2.45) is 0 Å². The second-order valence-corrected chi connectivity index (χ2v) is 9.08. The molecular weight excluding hydrogens is 456 g/mol. The van der Waals surface area contributed by atoms with Crippen LogP contribution in [0.25, 0.3) is 11.4 Å². The molecule has 1 aromatic carbocycles. The van der Waals surface area contributed by atoms with E-state index >= 15 is 0 Å². The van der Waals surface area contributed by atoms with Gasteiger partial charge >= 0.3 is 0 Å². The summed E-state index contributed by atoms with van der Waals surface area (Å²) in [5, 5.41) is 10.1. The number of benzene rings is 1. The Morgan fingerprint density at radius 1 is 0.694 bits per heavy atom. The first-order valence-corrected chi connectivity index (χ1v) is 13.7. The molecule has 1 heterocycles. The number of unbranched alkanes of at least 4 members (excludes halogenated alkanes) is 6. The highest BCUT2D eigenvalue weighted by atomic mass is 16.5. The number of ether oxygens (including phenoxy) is 4. The fourth-order valence-electron chi connectivity index (χ4n) is 3.59. The molecule has 7 heteroatoms. The average molecular weight is 503 g/mol. The first-order chi connectivity index (χ1) is 17.7. The predicted molar refractivity (Wildman–Crippen MR) is 143 cm³/mol. The SMILES string of the molecule is CCCCCCCCc1cnc(-c2ccc(OCC(O)COCCOCCOCCCC)cc2)nc1. The van der Waals surface area contributed by atoms with Crippen LogP contribution < -0.4 is 4.74 Å². The highest BCUT2D eigenvalue weighted by Gasteiger charge is 2.07. The first kappa shape index (κ1) is 30.2. The van der Waals surface area contributed by atoms with Crippen molar-refractivity contribution in [3.63, 3.8) is 0 Å². The molecule has 36 heavy (non-hydrogen) atoms. The zero-order valence-electron chi connectivity index (χ0n) is 22.3. The van der Waals surface area contributed by atoms with Crippen molar-refractivity contribution in [1.82, 2.24) is 9.97 Å². The van der Waals surface area contributed by atoms with Crippen LogP contribution in [0.4, 0.5) is 0 Å². The quantitative estimate of drug-likeness (QED) is 0.209. The Bertz CT molecular complexity index is 770. The Kier molecular flexibility index (Phi) is 16.8. The molecule has 1 unspecified atom stereocenters. The minimum Gasteiger partial charge on any atom is -0.491 e. The van der Waals surface area contributed by atoms with Gasteiger partial charge in [0.15, 0.2) is 5.82 Å². The molecule has 0 spiro atoms. The van der Waals surface area contributed by atoms with Crippen molar-refractivity contribution in [1.29, 1.82) is 0 Å². The lowest BCUT2D eigenvalue weighted by molar-refractivity contribution is -0.0199. The second kappa shape index (κ2) is 20.0. The fourth-order valence-corrected chi connectivity index (χ4v) is 3.59. The van der Waals surface area contributed by atoms with Crippen LogP contribution in [0.3, 0.4) is 0 Å². The maximum Gasteiger partial charge on any atom is 0.159 e. The molecule has 0 radical (unpaired) electrons. The second-order valence-electron chi connectivity index (χ2n) is 9.08. The van der Waals surface area contributed by atoms with Crippen LogP contribution in [-0.2, 0) is 20.6 Å². The molecule has 7 nitrogen and oxygen atoms in total. The van der Waals surface area contributed by atoms with Gasteiger partial charge in [-0.15, -0.1) is 0 Å². The van der Waals surface area contributed by atoms with E-state index in [1.54, 1.807) is 0 Å². The number of aliphatic hydroxyl groups excluding tert-OH is 1. The molecule has 1 atom stereocenters. The molecular formula is C29H46N2O5. The van der Waals surface area contributed by atoms with Gasteiger partial charge in [-0.2, -0.15) is 0 Å². The molecule has 0 bridgehead atoms. The van der Waals surface area contributed by atoms with Gasteiger partial charge in [0.25, 0.3) is 0 Å². The van der Waals surface area contributed by atoms with Gasteiger partial charge in [0.1, 0.15) is 18.5 Å². The monoisotopic (exact) mass is 502 g/mol. The normalized spacial score (nSPS) is 12.1. The summed E-state index contributed by atoms with van der Waals surface area (Å²) in [6, 6.07) is 7.61. The molecule has 0 aliphatic heterocycles. The first-order valence-electron chi connectivity index (χ1n) is 13.7. The van der Waals surface area contributed by atoms with Gasteiger partial charge in [0.2, 0.25) is 0 Å². The van der Waals surface area contributed by atoms with Crippen LogP contribution in [0, 0.1) is 0 Å². The van der Waals surface area contributed by atoms with E-state index < -0.39 is 6.10 Å². The number of aromatic nitrogens is 2. The van der Waals surface area contributed by atoms with Crippen LogP contribution in [0.1, 0.15) is 70.8 Å². The Morgan fingerprint density at radius 2 is 1.31 bits per heavy atom. The van der Waals surface area contributed by atoms with Crippen LogP contribution in [-0.4, -0.2) is 67.4 Å². The third-order valence-electron chi connectivity index (χ3n) is 5.78. The summed E-state index contributed by atoms with van der Waals surface area (Å²) in [6.45, 7) is 7.60. The lowest BCUT2D eigenvalue weighted by Crippen LogP contribution is -2.24. The van der Waals surface area contributed by atoms with Crippen LogP contribution >= 0.6 is 0 Å². The minimum absolute atomic E-state index is 0.162. The van der Waals surface area contributed by atoms with E-state index in [9.17, 15) is 5.11 Å². The number of hydrogen-bond acceptors (Lipinski definition) is 7. The van der Waals surface area contributed by atoms with E-state index in [0.717, 1.165) is 31.4 Å². The highest BCUT2D eigenvalue weighted by molar-refractivity contribution is 5.55. The van der Waals surface area contributed by atoms with Crippen LogP contribution in [0.5, 0.6) is 5.75 Å². The Balaban J connectivity index is 1.57. The lowest BCUT2D eigenvalue weighted by atomic mass is 10.1. The van der Waals surface area contributed by atoms with Crippen molar-refractivity contribution in [2.75, 3.05) is 46.2 Å².